The van der Waals surface area contributed by atoms with Gasteiger partial charge in [0.05, 0.1) is 10.7 Å². The predicted molar refractivity (Wildman–Crippen MR) is 78.9 cm³/mol. The minimum absolute atomic E-state index is 0.158. The van der Waals surface area contributed by atoms with E-state index in [1.807, 2.05) is 0 Å². The lowest BCUT2D eigenvalue weighted by molar-refractivity contribution is 0.599. The van der Waals surface area contributed by atoms with Crippen LogP contribution in [0.25, 0.3) is 0 Å². The number of anilines is 1. The number of benzene rings is 1. The van der Waals surface area contributed by atoms with E-state index in [4.69, 9.17) is 11.6 Å². The molecular formula is C12H9BrClFN2O2S. The van der Waals surface area contributed by atoms with E-state index in [0.717, 1.165) is 22.7 Å². The summed E-state index contributed by atoms with van der Waals surface area (Å²) < 4.78 is 40.3. The Morgan fingerprint density at radius 3 is 2.60 bits per heavy atom. The highest BCUT2D eigenvalue weighted by Crippen LogP contribution is 2.25. The fraction of sp³-hybridized carbons (Fsp3) is 0.0833. The van der Waals surface area contributed by atoms with E-state index in [2.05, 4.69) is 25.6 Å². The molecule has 0 saturated heterocycles. The van der Waals surface area contributed by atoms with Crippen molar-refractivity contribution in [3.8, 4) is 0 Å². The van der Waals surface area contributed by atoms with Crippen molar-refractivity contribution in [1.82, 2.24) is 4.98 Å². The van der Waals surface area contributed by atoms with E-state index in [1.54, 1.807) is 13.0 Å². The maximum Gasteiger partial charge on any atom is 0.264 e. The van der Waals surface area contributed by atoms with Gasteiger partial charge in [-0.25, -0.2) is 17.8 Å². The van der Waals surface area contributed by atoms with Gasteiger partial charge in [0.1, 0.15) is 16.5 Å². The second kappa shape index (κ2) is 5.67. The number of hydrogen-bond acceptors (Lipinski definition) is 3. The summed E-state index contributed by atoms with van der Waals surface area (Å²) in [5.74, 6) is -0.447. The first-order chi connectivity index (χ1) is 9.29. The highest BCUT2D eigenvalue weighted by molar-refractivity contribution is 9.10. The molecule has 1 heterocycles. The fourth-order valence-electron chi connectivity index (χ4n) is 1.49. The maximum absolute atomic E-state index is 12.9. The molecular weight excluding hydrogens is 371 g/mol. The van der Waals surface area contributed by atoms with Gasteiger partial charge in [-0.1, -0.05) is 11.6 Å². The molecule has 1 N–H and O–H groups in total. The molecule has 0 radical (unpaired) electrons. The zero-order valence-corrected chi connectivity index (χ0v) is 13.4. The van der Waals surface area contributed by atoms with Crippen molar-refractivity contribution in [3.63, 3.8) is 0 Å². The van der Waals surface area contributed by atoms with Crippen molar-refractivity contribution in [2.75, 3.05) is 4.72 Å². The van der Waals surface area contributed by atoms with Gasteiger partial charge in [0.2, 0.25) is 0 Å². The molecule has 20 heavy (non-hydrogen) atoms. The van der Waals surface area contributed by atoms with Crippen LogP contribution >= 0.6 is 27.5 Å². The molecule has 4 nitrogen and oxygen atoms in total. The molecule has 2 aromatic rings. The molecule has 2 rings (SSSR count). The molecule has 0 aliphatic carbocycles. The summed E-state index contributed by atoms with van der Waals surface area (Å²) in [5, 5.41) is -0.189. The highest BCUT2D eigenvalue weighted by Gasteiger charge is 2.19. The van der Waals surface area contributed by atoms with Crippen molar-refractivity contribution in [2.24, 2.45) is 0 Å². The average molecular weight is 380 g/mol. The molecule has 8 heteroatoms. The van der Waals surface area contributed by atoms with Gasteiger partial charge >= 0.3 is 0 Å². The lowest BCUT2D eigenvalue weighted by atomic mass is 10.3. The monoisotopic (exact) mass is 378 g/mol. The van der Waals surface area contributed by atoms with Gasteiger partial charge in [-0.15, -0.1) is 0 Å². The maximum atomic E-state index is 12.9. The summed E-state index contributed by atoms with van der Waals surface area (Å²) in [7, 11) is -3.92. The van der Waals surface area contributed by atoms with Gasteiger partial charge in [0.15, 0.2) is 0 Å². The van der Waals surface area contributed by atoms with E-state index in [-0.39, 0.29) is 15.7 Å². The Morgan fingerprint density at radius 2 is 2.00 bits per heavy atom. The zero-order chi connectivity index (χ0) is 14.9. The van der Waals surface area contributed by atoms with Crippen LogP contribution in [0.5, 0.6) is 0 Å². The first kappa shape index (κ1) is 15.2. The number of nitrogens with zero attached hydrogens (tertiary/aromatic N) is 1. The SMILES string of the molecule is Cc1nc(NS(=O)(=O)c2ccc(F)cc2Cl)ccc1Br. The number of aryl methyl sites for hydroxylation is 1. The quantitative estimate of drug-likeness (QED) is 0.883. The molecule has 106 valence electrons. The van der Waals surface area contributed by atoms with Gasteiger partial charge in [0.25, 0.3) is 10.0 Å². The number of nitrogens with one attached hydrogen (secondary N) is 1. The summed E-state index contributed by atoms with van der Waals surface area (Å²) in [6.45, 7) is 1.73. The third-order valence-electron chi connectivity index (χ3n) is 2.44. The molecule has 0 unspecified atom stereocenters. The van der Waals surface area contributed by atoms with Crippen LogP contribution in [-0.2, 0) is 10.0 Å². The Labute approximate surface area is 129 Å². The van der Waals surface area contributed by atoms with Gasteiger partial charge < -0.3 is 0 Å². The smallest absolute Gasteiger partial charge is 0.263 e. The Morgan fingerprint density at radius 1 is 1.30 bits per heavy atom. The topological polar surface area (TPSA) is 59.1 Å². The van der Waals surface area contributed by atoms with Crippen molar-refractivity contribution < 1.29 is 12.8 Å². The van der Waals surface area contributed by atoms with Crippen LogP contribution in [0.1, 0.15) is 5.69 Å². The third kappa shape index (κ3) is 3.28. The first-order valence-corrected chi connectivity index (χ1v) is 8.06. The van der Waals surface area contributed by atoms with Crippen LogP contribution in [0, 0.1) is 12.7 Å². The van der Waals surface area contributed by atoms with Crippen molar-refractivity contribution in [3.05, 3.63) is 51.3 Å². The van der Waals surface area contributed by atoms with Crippen LogP contribution in [0.3, 0.4) is 0 Å². The number of aromatic nitrogens is 1. The van der Waals surface area contributed by atoms with E-state index in [9.17, 15) is 12.8 Å². The Balaban J connectivity index is 2.38. The summed E-state index contributed by atoms with van der Waals surface area (Å²) in [6, 6.07) is 6.25. The minimum Gasteiger partial charge on any atom is -0.263 e. The van der Waals surface area contributed by atoms with Gasteiger partial charge in [0, 0.05) is 4.47 Å². The second-order valence-electron chi connectivity index (χ2n) is 3.94. The Kier molecular flexibility index (Phi) is 4.31. The number of rotatable bonds is 3. The standard InChI is InChI=1S/C12H9BrClFN2O2S/c1-7-9(13)3-5-12(16-7)17-20(18,19)11-4-2-8(15)6-10(11)14/h2-6H,1H3,(H,16,17). The van der Waals surface area contributed by atoms with Crippen LogP contribution in [-0.4, -0.2) is 13.4 Å². The first-order valence-electron chi connectivity index (χ1n) is 5.40. The molecule has 0 spiro atoms. The number of pyridine rings is 1. The highest BCUT2D eigenvalue weighted by atomic mass is 79.9. The molecule has 0 aliphatic rings. The second-order valence-corrected chi connectivity index (χ2v) is 6.86. The predicted octanol–water partition coefficient (Wildman–Crippen LogP) is 3.75. The van der Waals surface area contributed by atoms with E-state index >= 15 is 0 Å². The molecule has 0 saturated carbocycles. The molecule has 0 fully saturated rings. The summed E-state index contributed by atoms with van der Waals surface area (Å²) >= 11 is 9.02. The lowest BCUT2D eigenvalue weighted by Gasteiger charge is -2.09. The lowest BCUT2D eigenvalue weighted by Crippen LogP contribution is -2.14. The van der Waals surface area contributed by atoms with Crippen molar-refractivity contribution >= 4 is 43.4 Å². The van der Waals surface area contributed by atoms with Crippen LogP contribution < -0.4 is 4.72 Å². The summed E-state index contributed by atoms with van der Waals surface area (Å²) in [4.78, 5) is 3.87. The van der Waals surface area contributed by atoms with Crippen LogP contribution in [0.2, 0.25) is 5.02 Å². The van der Waals surface area contributed by atoms with Crippen molar-refractivity contribution in [2.45, 2.75) is 11.8 Å². The zero-order valence-electron chi connectivity index (χ0n) is 10.2. The number of halogens is 3. The third-order valence-corrected chi connectivity index (χ3v) is 5.12. The fourth-order valence-corrected chi connectivity index (χ4v) is 3.24. The molecule has 1 aromatic carbocycles. The van der Waals surface area contributed by atoms with E-state index < -0.39 is 15.8 Å². The van der Waals surface area contributed by atoms with Crippen molar-refractivity contribution in [1.29, 1.82) is 0 Å². The summed E-state index contributed by atoms with van der Waals surface area (Å²) in [6.07, 6.45) is 0. The molecule has 0 aliphatic heterocycles. The van der Waals surface area contributed by atoms with Crippen LogP contribution in [0.4, 0.5) is 10.2 Å². The minimum atomic E-state index is -3.92. The number of hydrogen-bond donors (Lipinski definition) is 1. The Hall–Kier alpha value is -1.18. The Bertz CT molecular complexity index is 768. The molecule has 1 aromatic heterocycles. The van der Waals surface area contributed by atoms with Gasteiger partial charge in [-0.05, 0) is 53.2 Å². The van der Waals surface area contributed by atoms with E-state index in [0.29, 0.717) is 5.69 Å². The van der Waals surface area contributed by atoms with Gasteiger partial charge in [-0.3, -0.25) is 4.72 Å². The molecule has 0 amide bonds. The normalized spacial score (nSPS) is 11.4. The average Bonchev–Trinajstić information content (AvgIpc) is 2.33. The largest absolute Gasteiger partial charge is 0.264 e. The van der Waals surface area contributed by atoms with E-state index in [1.165, 1.54) is 6.07 Å². The van der Waals surface area contributed by atoms with Gasteiger partial charge in [-0.2, -0.15) is 0 Å². The van der Waals surface area contributed by atoms with Crippen LogP contribution in [0.15, 0.2) is 39.7 Å². The number of sulfonamides is 1. The molecule has 0 atom stereocenters. The summed E-state index contributed by atoms with van der Waals surface area (Å²) in [5.41, 5.74) is 0.635. The molecule has 0 bridgehead atoms.